The van der Waals surface area contributed by atoms with Crippen LogP contribution in [-0.2, 0) is 14.6 Å². The van der Waals surface area contributed by atoms with Crippen LogP contribution < -0.4 is 4.72 Å². The molecule has 0 amide bonds. The number of carbonyl (C=O) groups is 1. The lowest BCUT2D eigenvalue weighted by molar-refractivity contribution is 0.112. The highest BCUT2D eigenvalue weighted by Crippen LogP contribution is 2.34. The molecule has 108 valence electrons. The lowest BCUT2D eigenvalue weighted by Gasteiger charge is -2.05. The lowest BCUT2D eigenvalue weighted by atomic mass is 10.2. The fourth-order valence-electron chi connectivity index (χ4n) is 1.48. The van der Waals surface area contributed by atoms with Crippen LogP contribution in [0.5, 0.6) is 0 Å². The molecule has 10 heteroatoms. The monoisotopic (exact) mass is 335 g/mol. The first kappa shape index (κ1) is 15.3. The third-order valence-electron chi connectivity index (χ3n) is 2.38. The SMILES string of the molecule is O=Cc1ccc2sc(S(=O)(=O)NCP(=O)(O)O)cc2c1. The fourth-order valence-corrected chi connectivity index (χ4v) is 4.92. The van der Waals surface area contributed by atoms with Crippen molar-refractivity contribution < 1.29 is 27.6 Å². The van der Waals surface area contributed by atoms with Crippen LogP contribution in [0.15, 0.2) is 28.5 Å². The number of hydrogen-bond donors (Lipinski definition) is 3. The third-order valence-corrected chi connectivity index (χ3v) is 6.15. The smallest absolute Gasteiger partial charge is 0.324 e. The summed E-state index contributed by atoms with van der Waals surface area (Å²) in [6, 6.07) is 6.08. The van der Waals surface area contributed by atoms with E-state index >= 15 is 0 Å². The quantitative estimate of drug-likeness (QED) is 0.556. The maximum Gasteiger partial charge on any atom is 0.340 e. The summed E-state index contributed by atoms with van der Waals surface area (Å²) in [5, 5.41) is 0.580. The zero-order valence-electron chi connectivity index (χ0n) is 9.88. The molecular weight excluding hydrogens is 325 g/mol. The molecule has 0 saturated heterocycles. The van der Waals surface area contributed by atoms with Crippen LogP contribution in [0.1, 0.15) is 10.4 Å². The molecule has 0 aliphatic rings. The van der Waals surface area contributed by atoms with Crippen LogP contribution in [0.3, 0.4) is 0 Å². The van der Waals surface area contributed by atoms with E-state index in [0.717, 1.165) is 11.3 Å². The van der Waals surface area contributed by atoms with Crippen molar-refractivity contribution >= 4 is 45.3 Å². The summed E-state index contributed by atoms with van der Waals surface area (Å²) in [4.78, 5) is 28.0. The summed E-state index contributed by atoms with van der Waals surface area (Å²) >= 11 is 0.955. The summed E-state index contributed by atoms with van der Waals surface area (Å²) in [7, 11) is -8.45. The normalized spacial score (nSPS) is 12.7. The van der Waals surface area contributed by atoms with Crippen molar-refractivity contribution in [1.82, 2.24) is 4.72 Å². The number of aldehydes is 1. The number of nitrogens with one attached hydrogen (secondary N) is 1. The molecule has 0 aliphatic carbocycles. The first-order valence-corrected chi connectivity index (χ1v) is 9.34. The van der Waals surface area contributed by atoms with Gasteiger partial charge >= 0.3 is 7.60 Å². The van der Waals surface area contributed by atoms with Crippen LogP contribution in [0.2, 0.25) is 0 Å². The second kappa shape index (κ2) is 5.36. The van der Waals surface area contributed by atoms with Crippen molar-refractivity contribution in [3.63, 3.8) is 0 Å². The van der Waals surface area contributed by atoms with E-state index in [4.69, 9.17) is 9.79 Å². The molecular formula is C10H10NO6PS2. The predicted molar refractivity (Wildman–Crippen MR) is 74.4 cm³/mol. The van der Waals surface area contributed by atoms with Gasteiger partial charge in [0.25, 0.3) is 10.0 Å². The summed E-state index contributed by atoms with van der Waals surface area (Å²) in [5.41, 5.74) is 0.419. The third kappa shape index (κ3) is 3.51. The Bertz CT molecular complexity index is 806. The van der Waals surface area contributed by atoms with E-state index in [1.807, 2.05) is 4.72 Å². The maximum atomic E-state index is 11.9. The van der Waals surface area contributed by atoms with Gasteiger partial charge in [0.15, 0.2) is 0 Å². The van der Waals surface area contributed by atoms with Gasteiger partial charge in [-0.2, -0.15) is 4.72 Å². The number of rotatable bonds is 5. The van der Waals surface area contributed by atoms with Crippen molar-refractivity contribution in [3.05, 3.63) is 29.8 Å². The van der Waals surface area contributed by atoms with E-state index in [9.17, 15) is 17.8 Å². The topological polar surface area (TPSA) is 121 Å². The van der Waals surface area contributed by atoms with Gasteiger partial charge in [-0.1, -0.05) is 6.07 Å². The highest BCUT2D eigenvalue weighted by molar-refractivity contribution is 7.92. The van der Waals surface area contributed by atoms with Gasteiger partial charge in [-0.3, -0.25) is 9.36 Å². The van der Waals surface area contributed by atoms with Gasteiger partial charge in [-0.25, -0.2) is 8.42 Å². The van der Waals surface area contributed by atoms with Crippen molar-refractivity contribution in [2.75, 3.05) is 6.29 Å². The molecule has 1 aromatic heterocycles. The van der Waals surface area contributed by atoms with Gasteiger partial charge in [0, 0.05) is 10.3 Å². The Kier molecular flexibility index (Phi) is 4.10. The van der Waals surface area contributed by atoms with Gasteiger partial charge in [0.2, 0.25) is 0 Å². The van der Waals surface area contributed by atoms with E-state index in [1.54, 1.807) is 18.2 Å². The van der Waals surface area contributed by atoms with Crippen molar-refractivity contribution in [3.8, 4) is 0 Å². The van der Waals surface area contributed by atoms with Gasteiger partial charge in [0.05, 0.1) is 0 Å². The molecule has 2 rings (SSSR count). The Morgan fingerprint density at radius 1 is 1.30 bits per heavy atom. The van der Waals surface area contributed by atoms with Gasteiger partial charge in [-0.15, -0.1) is 11.3 Å². The second-order valence-corrected chi connectivity index (χ2v) is 8.67. The summed E-state index contributed by atoms with van der Waals surface area (Å²) in [6.45, 7) is 0. The van der Waals surface area contributed by atoms with Crippen molar-refractivity contribution in [2.24, 2.45) is 0 Å². The zero-order valence-corrected chi connectivity index (χ0v) is 12.4. The summed E-state index contributed by atoms with van der Waals surface area (Å²) < 4.78 is 36.9. The van der Waals surface area contributed by atoms with Crippen LogP contribution in [0.25, 0.3) is 10.1 Å². The largest absolute Gasteiger partial charge is 0.340 e. The molecule has 0 saturated carbocycles. The minimum absolute atomic E-state index is 0.0657. The van der Waals surface area contributed by atoms with E-state index in [0.29, 0.717) is 21.9 Å². The highest BCUT2D eigenvalue weighted by atomic mass is 32.2. The molecule has 0 atom stereocenters. The van der Waals surface area contributed by atoms with Crippen LogP contribution in [0, 0.1) is 0 Å². The predicted octanol–water partition coefficient (Wildman–Crippen LogP) is 1.13. The number of thiophene rings is 1. The first-order chi connectivity index (χ1) is 9.21. The minimum Gasteiger partial charge on any atom is -0.324 e. The van der Waals surface area contributed by atoms with Crippen LogP contribution in [-0.4, -0.2) is 30.8 Å². The number of carbonyl (C=O) groups excluding carboxylic acids is 1. The van der Waals surface area contributed by atoms with Crippen molar-refractivity contribution in [2.45, 2.75) is 4.21 Å². The average molecular weight is 335 g/mol. The number of hydrogen-bond acceptors (Lipinski definition) is 5. The molecule has 0 unspecified atom stereocenters. The molecule has 7 nitrogen and oxygen atoms in total. The Hall–Kier alpha value is -1.09. The molecule has 1 heterocycles. The van der Waals surface area contributed by atoms with Gasteiger partial charge < -0.3 is 9.79 Å². The molecule has 3 N–H and O–H groups in total. The molecule has 2 aromatic rings. The lowest BCUT2D eigenvalue weighted by Crippen LogP contribution is -2.23. The maximum absolute atomic E-state index is 11.9. The summed E-state index contributed by atoms with van der Waals surface area (Å²) in [5.74, 6) is 0. The van der Waals surface area contributed by atoms with Gasteiger partial charge in [-0.05, 0) is 23.6 Å². The molecule has 0 radical (unpaired) electrons. The molecule has 20 heavy (non-hydrogen) atoms. The Labute approximate surface area is 118 Å². The molecule has 0 bridgehead atoms. The van der Waals surface area contributed by atoms with E-state index in [1.165, 1.54) is 6.07 Å². The van der Waals surface area contributed by atoms with Crippen LogP contribution >= 0.6 is 18.9 Å². The van der Waals surface area contributed by atoms with E-state index in [-0.39, 0.29) is 4.21 Å². The number of sulfonamides is 1. The first-order valence-electron chi connectivity index (χ1n) is 5.24. The molecule has 0 aliphatic heterocycles. The Morgan fingerprint density at radius 3 is 2.60 bits per heavy atom. The Balaban J connectivity index is 2.37. The average Bonchev–Trinajstić information content (AvgIpc) is 2.79. The summed E-state index contributed by atoms with van der Waals surface area (Å²) in [6.07, 6.45) is -0.305. The van der Waals surface area contributed by atoms with E-state index in [2.05, 4.69) is 0 Å². The standard InChI is InChI=1S/C10H10NO6PS2/c12-5-7-1-2-9-8(3-7)4-10(19-9)20(16,17)11-6-18(13,14)15/h1-5,11H,6H2,(H2,13,14,15). The Morgan fingerprint density at radius 2 is 2.00 bits per heavy atom. The number of benzene rings is 1. The van der Waals surface area contributed by atoms with Crippen molar-refractivity contribution in [1.29, 1.82) is 0 Å². The molecule has 1 aromatic carbocycles. The molecule has 0 spiro atoms. The minimum atomic E-state index is -4.46. The second-order valence-electron chi connectivity index (χ2n) is 3.95. The molecule has 0 fully saturated rings. The zero-order chi connectivity index (χ0) is 15.0. The van der Waals surface area contributed by atoms with Gasteiger partial charge in [0.1, 0.15) is 16.8 Å². The highest BCUT2D eigenvalue weighted by Gasteiger charge is 2.22. The fraction of sp³-hybridized carbons (Fsp3) is 0.100. The van der Waals surface area contributed by atoms with Crippen LogP contribution in [0.4, 0.5) is 0 Å². The van der Waals surface area contributed by atoms with E-state index < -0.39 is 23.9 Å². The number of fused-ring (bicyclic) bond motifs is 1.